The van der Waals surface area contributed by atoms with Crippen molar-refractivity contribution in [2.45, 2.75) is 20.0 Å². The SMILES string of the molecule is C/C(=N/NC(=O)[C@@H](C)Oc1ccc(Cl)cc1Cl)c1ccncc1. The van der Waals surface area contributed by atoms with Crippen LogP contribution < -0.4 is 10.2 Å². The van der Waals surface area contributed by atoms with E-state index in [1.165, 1.54) is 0 Å². The highest BCUT2D eigenvalue weighted by Gasteiger charge is 2.16. The fourth-order valence-corrected chi connectivity index (χ4v) is 2.16. The van der Waals surface area contributed by atoms with E-state index in [2.05, 4.69) is 15.5 Å². The van der Waals surface area contributed by atoms with Crippen molar-refractivity contribution in [1.82, 2.24) is 10.4 Å². The molecule has 1 aromatic heterocycles. The van der Waals surface area contributed by atoms with Gasteiger partial charge in [0.15, 0.2) is 6.10 Å². The molecule has 0 saturated heterocycles. The van der Waals surface area contributed by atoms with Gasteiger partial charge in [0.2, 0.25) is 0 Å². The number of hydrogen-bond donors (Lipinski definition) is 1. The maximum absolute atomic E-state index is 12.0. The number of nitrogens with one attached hydrogen (secondary N) is 1. The summed E-state index contributed by atoms with van der Waals surface area (Å²) in [7, 11) is 0. The van der Waals surface area contributed by atoms with E-state index in [9.17, 15) is 4.79 Å². The maximum atomic E-state index is 12.0. The first-order chi connectivity index (χ1) is 11.0. The second kappa shape index (κ2) is 7.94. The number of hydrogen-bond acceptors (Lipinski definition) is 4. The lowest BCUT2D eigenvalue weighted by atomic mass is 10.2. The fourth-order valence-electron chi connectivity index (χ4n) is 1.70. The molecule has 2 aromatic rings. The summed E-state index contributed by atoms with van der Waals surface area (Å²) in [5, 5.41) is 4.89. The Kier molecular flexibility index (Phi) is 5.96. The van der Waals surface area contributed by atoms with Gasteiger partial charge >= 0.3 is 0 Å². The number of ether oxygens (including phenoxy) is 1. The number of benzene rings is 1. The summed E-state index contributed by atoms with van der Waals surface area (Å²) in [6, 6.07) is 8.41. The highest BCUT2D eigenvalue weighted by Crippen LogP contribution is 2.28. The Hall–Kier alpha value is -2.11. The highest BCUT2D eigenvalue weighted by molar-refractivity contribution is 6.35. The Labute approximate surface area is 144 Å². The number of carbonyl (C=O) groups is 1. The molecule has 1 aromatic carbocycles. The standard InChI is InChI=1S/C16H15Cl2N3O2/c1-10(12-5-7-19-8-6-12)20-21-16(22)11(2)23-15-4-3-13(17)9-14(15)18/h3-9,11H,1-2H3,(H,21,22)/b20-10-/t11-/m1/s1. The van der Waals surface area contributed by atoms with Gasteiger partial charge in [0, 0.05) is 23.0 Å². The molecular weight excluding hydrogens is 337 g/mol. The largest absolute Gasteiger partial charge is 0.479 e. The summed E-state index contributed by atoms with van der Waals surface area (Å²) in [6.45, 7) is 3.40. The number of rotatable bonds is 5. The molecule has 0 aliphatic heterocycles. The minimum atomic E-state index is -0.761. The van der Waals surface area contributed by atoms with Gasteiger partial charge in [-0.3, -0.25) is 9.78 Å². The molecule has 0 saturated carbocycles. The number of carbonyl (C=O) groups excluding carboxylic acids is 1. The molecule has 2 rings (SSSR count). The van der Waals surface area contributed by atoms with Crippen LogP contribution in [0.5, 0.6) is 5.75 Å². The third-order valence-electron chi connectivity index (χ3n) is 3.00. The lowest BCUT2D eigenvalue weighted by molar-refractivity contribution is -0.127. The molecule has 1 N–H and O–H groups in total. The molecule has 0 spiro atoms. The second-order valence-electron chi connectivity index (χ2n) is 4.74. The Morgan fingerprint density at radius 1 is 1.26 bits per heavy atom. The van der Waals surface area contributed by atoms with Crippen LogP contribution in [0.4, 0.5) is 0 Å². The first-order valence-corrected chi connectivity index (χ1v) is 7.59. The zero-order valence-electron chi connectivity index (χ0n) is 12.6. The van der Waals surface area contributed by atoms with Crippen LogP contribution in [-0.4, -0.2) is 22.7 Å². The molecule has 0 fully saturated rings. The quantitative estimate of drug-likeness (QED) is 0.659. The van der Waals surface area contributed by atoms with Gasteiger partial charge in [0.25, 0.3) is 5.91 Å². The maximum Gasteiger partial charge on any atom is 0.280 e. The molecule has 1 heterocycles. The van der Waals surface area contributed by atoms with Crippen molar-refractivity contribution < 1.29 is 9.53 Å². The van der Waals surface area contributed by atoms with Crippen LogP contribution in [0, 0.1) is 0 Å². The molecule has 7 heteroatoms. The Morgan fingerprint density at radius 2 is 1.96 bits per heavy atom. The van der Waals surface area contributed by atoms with Crippen molar-refractivity contribution in [1.29, 1.82) is 0 Å². The molecule has 0 radical (unpaired) electrons. The summed E-state index contributed by atoms with van der Waals surface area (Å²) in [5.74, 6) is -0.00188. The van der Waals surface area contributed by atoms with E-state index >= 15 is 0 Å². The lowest BCUT2D eigenvalue weighted by Gasteiger charge is -2.14. The molecule has 5 nitrogen and oxygen atoms in total. The lowest BCUT2D eigenvalue weighted by Crippen LogP contribution is -2.34. The smallest absolute Gasteiger partial charge is 0.280 e. The monoisotopic (exact) mass is 351 g/mol. The predicted molar refractivity (Wildman–Crippen MR) is 91.1 cm³/mol. The first-order valence-electron chi connectivity index (χ1n) is 6.83. The van der Waals surface area contributed by atoms with Crippen molar-refractivity contribution >= 4 is 34.8 Å². The van der Waals surface area contributed by atoms with E-state index in [4.69, 9.17) is 27.9 Å². The Morgan fingerprint density at radius 3 is 2.61 bits per heavy atom. The van der Waals surface area contributed by atoms with E-state index in [-0.39, 0.29) is 5.91 Å². The van der Waals surface area contributed by atoms with Gasteiger partial charge in [0.1, 0.15) is 5.75 Å². The fraction of sp³-hybridized carbons (Fsp3) is 0.188. The molecule has 1 atom stereocenters. The van der Waals surface area contributed by atoms with Crippen LogP contribution in [0.3, 0.4) is 0 Å². The van der Waals surface area contributed by atoms with Gasteiger partial charge in [-0.05, 0) is 44.2 Å². The predicted octanol–water partition coefficient (Wildman–Crippen LogP) is 3.70. The first kappa shape index (κ1) is 17.2. The Balaban J connectivity index is 1.97. The normalized spacial score (nSPS) is 12.6. The van der Waals surface area contributed by atoms with E-state index < -0.39 is 6.10 Å². The van der Waals surface area contributed by atoms with Gasteiger partial charge in [-0.25, -0.2) is 5.43 Å². The second-order valence-corrected chi connectivity index (χ2v) is 5.59. The third kappa shape index (κ3) is 4.94. The molecular formula is C16H15Cl2N3O2. The zero-order valence-corrected chi connectivity index (χ0v) is 14.1. The van der Waals surface area contributed by atoms with Crippen LogP contribution in [0.1, 0.15) is 19.4 Å². The van der Waals surface area contributed by atoms with E-state index in [0.29, 0.717) is 21.5 Å². The van der Waals surface area contributed by atoms with E-state index in [1.807, 2.05) is 0 Å². The molecule has 120 valence electrons. The van der Waals surface area contributed by atoms with Crippen molar-refractivity contribution in [3.05, 3.63) is 58.3 Å². The van der Waals surface area contributed by atoms with Crippen molar-refractivity contribution in [2.75, 3.05) is 0 Å². The summed E-state index contributed by atoms with van der Waals surface area (Å²) in [4.78, 5) is 16.0. The summed E-state index contributed by atoms with van der Waals surface area (Å²) in [5.41, 5.74) is 4.00. The van der Waals surface area contributed by atoms with Gasteiger partial charge < -0.3 is 4.74 Å². The van der Waals surface area contributed by atoms with Crippen molar-refractivity contribution in [2.24, 2.45) is 5.10 Å². The van der Waals surface area contributed by atoms with Crippen LogP contribution in [0.2, 0.25) is 10.0 Å². The van der Waals surface area contributed by atoms with E-state index in [1.54, 1.807) is 56.6 Å². The average Bonchev–Trinajstić information content (AvgIpc) is 2.55. The van der Waals surface area contributed by atoms with Gasteiger partial charge in [0.05, 0.1) is 10.7 Å². The van der Waals surface area contributed by atoms with Gasteiger partial charge in [-0.2, -0.15) is 5.10 Å². The number of amides is 1. The molecule has 0 unspecified atom stereocenters. The van der Waals surface area contributed by atoms with Crippen molar-refractivity contribution in [3.63, 3.8) is 0 Å². The third-order valence-corrected chi connectivity index (χ3v) is 3.53. The number of halogens is 2. The Bertz CT molecular complexity index is 721. The minimum Gasteiger partial charge on any atom is -0.479 e. The average molecular weight is 352 g/mol. The summed E-state index contributed by atoms with van der Waals surface area (Å²) >= 11 is 11.8. The van der Waals surface area contributed by atoms with Gasteiger partial charge in [-0.15, -0.1) is 0 Å². The highest BCUT2D eigenvalue weighted by atomic mass is 35.5. The molecule has 1 amide bonds. The summed E-state index contributed by atoms with van der Waals surface area (Å²) in [6.07, 6.45) is 2.55. The van der Waals surface area contributed by atoms with Crippen LogP contribution in [0.25, 0.3) is 0 Å². The molecule has 23 heavy (non-hydrogen) atoms. The zero-order chi connectivity index (χ0) is 16.8. The van der Waals surface area contributed by atoms with Gasteiger partial charge in [-0.1, -0.05) is 23.2 Å². The minimum absolute atomic E-state index is 0.341. The molecule has 0 aliphatic carbocycles. The van der Waals surface area contributed by atoms with Crippen LogP contribution >= 0.6 is 23.2 Å². The summed E-state index contributed by atoms with van der Waals surface area (Å²) < 4.78 is 5.52. The topological polar surface area (TPSA) is 63.6 Å². The number of nitrogens with zero attached hydrogens (tertiary/aromatic N) is 2. The molecule has 0 aliphatic rings. The van der Waals surface area contributed by atoms with Crippen LogP contribution in [-0.2, 0) is 4.79 Å². The van der Waals surface area contributed by atoms with E-state index in [0.717, 1.165) is 5.56 Å². The molecule has 0 bridgehead atoms. The number of hydrazone groups is 1. The number of pyridine rings is 1. The van der Waals surface area contributed by atoms with Crippen molar-refractivity contribution in [3.8, 4) is 5.75 Å². The van der Waals surface area contributed by atoms with Crippen LogP contribution in [0.15, 0.2) is 47.8 Å². The number of aromatic nitrogens is 1.